The van der Waals surface area contributed by atoms with E-state index in [4.69, 9.17) is 10.5 Å². The Kier molecular flexibility index (Phi) is 5.21. The highest BCUT2D eigenvalue weighted by molar-refractivity contribution is 5.90. The zero-order chi connectivity index (χ0) is 13.5. The average molecular weight is 262 g/mol. The molecule has 0 heterocycles. The first-order valence-electron chi connectivity index (χ1n) is 7.04. The molecule has 104 valence electrons. The van der Waals surface area contributed by atoms with Crippen molar-refractivity contribution >= 4 is 11.6 Å². The van der Waals surface area contributed by atoms with E-state index in [1.54, 1.807) is 0 Å². The van der Waals surface area contributed by atoms with Crippen molar-refractivity contribution in [3.63, 3.8) is 0 Å². The van der Waals surface area contributed by atoms with E-state index in [-0.39, 0.29) is 5.91 Å². The highest BCUT2D eigenvalue weighted by atomic mass is 16.5. The van der Waals surface area contributed by atoms with Crippen molar-refractivity contribution in [2.45, 2.75) is 44.6 Å². The molecule has 1 amide bonds. The summed E-state index contributed by atoms with van der Waals surface area (Å²) in [5.74, 6) is 0.891. The van der Waals surface area contributed by atoms with E-state index in [1.165, 1.54) is 12.8 Å². The number of ether oxygens (including phenoxy) is 1. The summed E-state index contributed by atoms with van der Waals surface area (Å²) in [5, 5.41) is 2.85. The Balaban J connectivity index is 1.82. The third-order valence-electron chi connectivity index (χ3n) is 3.35. The molecule has 1 saturated carbocycles. The summed E-state index contributed by atoms with van der Waals surface area (Å²) in [7, 11) is 0. The fraction of sp³-hybridized carbons (Fsp3) is 0.533. The van der Waals surface area contributed by atoms with Gasteiger partial charge in [-0.25, -0.2) is 0 Å². The molecule has 1 aliphatic carbocycles. The van der Waals surface area contributed by atoms with Gasteiger partial charge < -0.3 is 15.8 Å². The summed E-state index contributed by atoms with van der Waals surface area (Å²) in [6, 6.07) is 7.59. The van der Waals surface area contributed by atoms with E-state index in [0.29, 0.717) is 25.5 Å². The number of carbonyl (C=O) groups excluding carboxylic acids is 1. The molecule has 4 nitrogen and oxygen atoms in total. The van der Waals surface area contributed by atoms with Crippen molar-refractivity contribution in [2.75, 3.05) is 11.9 Å². The minimum Gasteiger partial charge on any atom is -0.490 e. The van der Waals surface area contributed by atoms with Gasteiger partial charge in [0.15, 0.2) is 0 Å². The van der Waals surface area contributed by atoms with E-state index in [1.807, 2.05) is 24.3 Å². The first kappa shape index (κ1) is 13.9. The van der Waals surface area contributed by atoms with Crippen molar-refractivity contribution in [1.29, 1.82) is 0 Å². The van der Waals surface area contributed by atoms with Crippen molar-refractivity contribution in [2.24, 2.45) is 5.73 Å². The number of amides is 1. The SMILES string of the molecule is NCCCC(=O)Nc1ccc(OC2CCCC2)cc1. The summed E-state index contributed by atoms with van der Waals surface area (Å²) >= 11 is 0. The maximum Gasteiger partial charge on any atom is 0.224 e. The normalized spacial score (nSPS) is 15.4. The molecule has 0 spiro atoms. The Bertz CT molecular complexity index is 397. The van der Waals surface area contributed by atoms with Gasteiger partial charge in [0.05, 0.1) is 6.10 Å². The largest absolute Gasteiger partial charge is 0.490 e. The van der Waals surface area contributed by atoms with E-state index in [0.717, 1.165) is 24.3 Å². The lowest BCUT2D eigenvalue weighted by atomic mass is 10.2. The topological polar surface area (TPSA) is 64.4 Å². The van der Waals surface area contributed by atoms with Crippen LogP contribution in [0.4, 0.5) is 5.69 Å². The lowest BCUT2D eigenvalue weighted by molar-refractivity contribution is -0.116. The van der Waals surface area contributed by atoms with Crippen LogP contribution in [-0.2, 0) is 4.79 Å². The fourth-order valence-corrected chi connectivity index (χ4v) is 2.30. The highest BCUT2D eigenvalue weighted by Gasteiger charge is 2.16. The van der Waals surface area contributed by atoms with E-state index >= 15 is 0 Å². The number of hydrogen-bond donors (Lipinski definition) is 2. The van der Waals surface area contributed by atoms with Crippen molar-refractivity contribution in [3.05, 3.63) is 24.3 Å². The minimum absolute atomic E-state index is 0.00918. The molecule has 4 heteroatoms. The monoisotopic (exact) mass is 262 g/mol. The van der Waals surface area contributed by atoms with Gasteiger partial charge in [-0.2, -0.15) is 0 Å². The van der Waals surface area contributed by atoms with Gasteiger partial charge in [0.2, 0.25) is 5.91 Å². The van der Waals surface area contributed by atoms with Crippen LogP contribution in [0.15, 0.2) is 24.3 Å². The number of nitrogens with one attached hydrogen (secondary N) is 1. The maximum atomic E-state index is 11.5. The molecule has 0 unspecified atom stereocenters. The van der Waals surface area contributed by atoms with Gasteiger partial charge >= 0.3 is 0 Å². The molecule has 0 saturated heterocycles. The first-order chi connectivity index (χ1) is 9.28. The zero-order valence-electron chi connectivity index (χ0n) is 11.2. The molecular weight excluding hydrogens is 240 g/mol. The Morgan fingerprint density at radius 2 is 1.95 bits per heavy atom. The van der Waals surface area contributed by atoms with Crippen LogP contribution >= 0.6 is 0 Å². The number of hydrogen-bond acceptors (Lipinski definition) is 3. The van der Waals surface area contributed by atoms with Gasteiger partial charge in [0, 0.05) is 12.1 Å². The molecule has 1 aromatic rings. The second kappa shape index (κ2) is 7.14. The molecule has 1 aromatic carbocycles. The summed E-state index contributed by atoms with van der Waals surface area (Å²) in [6.07, 6.45) is 6.38. The Morgan fingerprint density at radius 1 is 1.26 bits per heavy atom. The van der Waals surface area contributed by atoms with Crippen LogP contribution in [-0.4, -0.2) is 18.6 Å². The second-order valence-corrected chi connectivity index (χ2v) is 4.99. The van der Waals surface area contributed by atoms with Crippen LogP contribution in [0.2, 0.25) is 0 Å². The van der Waals surface area contributed by atoms with Gasteiger partial charge in [-0.15, -0.1) is 0 Å². The summed E-state index contributed by atoms with van der Waals surface area (Å²) in [4.78, 5) is 11.5. The molecule has 0 aromatic heterocycles. The number of anilines is 1. The molecule has 0 aliphatic heterocycles. The number of nitrogens with two attached hydrogens (primary N) is 1. The van der Waals surface area contributed by atoms with Crippen molar-refractivity contribution < 1.29 is 9.53 Å². The summed E-state index contributed by atoms with van der Waals surface area (Å²) in [5.41, 5.74) is 6.18. The minimum atomic E-state index is 0.00918. The Labute approximate surface area is 114 Å². The molecule has 1 aliphatic rings. The lowest BCUT2D eigenvalue weighted by Crippen LogP contribution is -2.13. The predicted octanol–water partition coefficient (Wildman–Crippen LogP) is 2.69. The smallest absolute Gasteiger partial charge is 0.224 e. The van der Waals surface area contributed by atoms with E-state index in [2.05, 4.69) is 5.32 Å². The van der Waals surface area contributed by atoms with E-state index in [9.17, 15) is 4.79 Å². The van der Waals surface area contributed by atoms with Gasteiger partial charge in [-0.1, -0.05) is 0 Å². The van der Waals surface area contributed by atoms with E-state index < -0.39 is 0 Å². The summed E-state index contributed by atoms with van der Waals surface area (Å²) in [6.45, 7) is 0.543. The van der Waals surface area contributed by atoms with Crippen LogP contribution in [0.3, 0.4) is 0 Å². The average Bonchev–Trinajstić information content (AvgIpc) is 2.91. The molecule has 0 radical (unpaired) electrons. The molecule has 19 heavy (non-hydrogen) atoms. The van der Waals surface area contributed by atoms with Crippen LogP contribution < -0.4 is 15.8 Å². The maximum absolute atomic E-state index is 11.5. The molecule has 0 atom stereocenters. The van der Waals surface area contributed by atoms with Gasteiger partial charge in [-0.3, -0.25) is 4.79 Å². The quantitative estimate of drug-likeness (QED) is 0.828. The molecule has 0 bridgehead atoms. The Morgan fingerprint density at radius 3 is 2.58 bits per heavy atom. The van der Waals surface area contributed by atoms with Crippen LogP contribution in [0.1, 0.15) is 38.5 Å². The molecular formula is C15H22N2O2. The predicted molar refractivity (Wildman–Crippen MR) is 76.2 cm³/mol. The number of benzene rings is 1. The lowest BCUT2D eigenvalue weighted by Gasteiger charge is -2.13. The molecule has 2 rings (SSSR count). The third-order valence-corrected chi connectivity index (χ3v) is 3.35. The third kappa shape index (κ3) is 4.56. The Hall–Kier alpha value is -1.55. The van der Waals surface area contributed by atoms with Gasteiger partial charge in [0.1, 0.15) is 5.75 Å². The first-order valence-corrected chi connectivity index (χ1v) is 7.04. The van der Waals surface area contributed by atoms with Crippen LogP contribution in [0.25, 0.3) is 0 Å². The number of carbonyl (C=O) groups is 1. The van der Waals surface area contributed by atoms with Crippen LogP contribution in [0, 0.1) is 0 Å². The highest BCUT2D eigenvalue weighted by Crippen LogP contribution is 2.24. The van der Waals surface area contributed by atoms with Gasteiger partial charge in [-0.05, 0) is 62.9 Å². The fourth-order valence-electron chi connectivity index (χ4n) is 2.30. The van der Waals surface area contributed by atoms with Gasteiger partial charge in [0.25, 0.3) is 0 Å². The number of rotatable bonds is 6. The van der Waals surface area contributed by atoms with Crippen molar-refractivity contribution in [1.82, 2.24) is 0 Å². The second-order valence-electron chi connectivity index (χ2n) is 4.99. The van der Waals surface area contributed by atoms with Crippen LogP contribution in [0.5, 0.6) is 5.75 Å². The zero-order valence-corrected chi connectivity index (χ0v) is 11.2. The standard InChI is InChI=1S/C15H22N2O2/c16-11-3-6-15(18)17-12-7-9-14(10-8-12)19-13-4-1-2-5-13/h7-10,13H,1-6,11,16H2,(H,17,18). The van der Waals surface area contributed by atoms with Crippen molar-refractivity contribution in [3.8, 4) is 5.75 Å². The molecule has 1 fully saturated rings. The summed E-state index contributed by atoms with van der Waals surface area (Å²) < 4.78 is 5.87. The molecule has 3 N–H and O–H groups in total.